The van der Waals surface area contributed by atoms with Crippen LogP contribution in [-0.4, -0.2) is 17.1 Å². The van der Waals surface area contributed by atoms with Gasteiger partial charge in [-0.15, -0.1) is 0 Å². The Morgan fingerprint density at radius 1 is 1.57 bits per heavy atom. The van der Waals surface area contributed by atoms with Crippen LogP contribution in [0.2, 0.25) is 0 Å². The van der Waals surface area contributed by atoms with Crippen LogP contribution < -0.4 is 5.73 Å². The van der Waals surface area contributed by atoms with Crippen LogP contribution in [0.4, 0.5) is 0 Å². The summed E-state index contributed by atoms with van der Waals surface area (Å²) in [7, 11) is 1.69. The van der Waals surface area contributed by atoms with Gasteiger partial charge in [-0.3, -0.25) is 0 Å². The van der Waals surface area contributed by atoms with Crippen LogP contribution in [0.3, 0.4) is 0 Å². The van der Waals surface area contributed by atoms with Crippen molar-refractivity contribution >= 4 is 0 Å². The molecule has 0 aromatic carbocycles. The average Bonchev–Trinajstić information content (AvgIpc) is 2.51. The smallest absolute Gasteiger partial charge is 0.136 e. The molecule has 1 unspecified atom stereocenters. The zero-order valence-corrected chi connectivity index (χ0v) is 9.29. The van der Waals surface area contributed by atoms with E-state index in [2.05, 4.69) is 30.7 Å². The molecule has 0 aliphatic rings. The Kier molecular flexibility index (Phi) is 3.29. The van der Waals surface area contributed by atoms with Crippen molar-refractivity contribution in [2.75, 3.05) is 7.11 Å². The van der Waals surface area contributed by atoms with E-state index in [0.717, 1.165) is 11.5 Å². The van der Waals surface area contributed by atoms with Crippen molar-refractivity contribution in [2.45, 2.75) is 33.4 Å². The number of hydrogen-bond donors (Lipinski definition) is 2. The number of ether oxygens (including phenoxy) is 1. The molecule has 0 aliphatic heterocycles. The average molecular weight is 197 g/mol. The molecule has 0 saturated carbocycles. The minimum atomic E-state index is -0.0252. The van der Waals surface area contributed by atoms with Crippen LogP contribution in [0, 0.1) is 5.41 Å². The summed E-state index contributed by atoms with van der Waals surface area (Å²) in [5.74, 6) is 0.848. The van der Waals surface area contributed by atoms with Crippen molar-refractivity contribution in [3.8, 4) is 0 Å². The molecule has 1 rings (SSSR count). The zero-order chi connectivity index (χ0) is 10.8. The highest BCUT2D eigenvalue weighted by Gasteiger charge is 2.28. The highest BCUT2D eigenvalue weighted by molar-refractivity contribution is 5.05. The van der Waals surface area contributed by atoms with Gasteiger partial charge in [0.05, 0.1) is 0 Å². The fraction of sp³-hybridized carbons (Fsp3) is 0.700. The van der Waals surface area contributed by atoms with E-state index in [0.29, 0.717) is 6.54 Å². The Balaban J connectivity index is 2.90. The Bertz CT molecular complexity index is 288. The van der Waals surface area contributed by atoms with Gasteiger partial charge in [0.15, 0.2) is 0 Å². The van der Waals surface area contributed by atoms with Gasteiger partial charge in [0.2, 0.25) is 0 Å². The van der Waals surface area contributed by atoms with Crippen molar-refractivity contribution in [3.63, 3.8) is 0 Å². The lowest BCUT2D eigenvalue weighted by Gasteiger charge is -2.27. The number of aromatic nitrogens is 2. The molecule has 0 saturated heterocycles. The first-order valence-electron chi connectivity index (χ1n) is 4.75. The van der Waals surface area contributed by atoms with Gasteiger partial charge in [-0.2, -0.15) is 0 Å². The zero-order valence-electron chi connectivity index (χ0n) is 9.29. The Morgan fingerprint density at radius 3 is 2.57 bits per heavy atom. The number of rotatable bonds is 3. The maximum atomic E-state index is 5.50. The topological polar surface area (TPSA) is 63.9 Å². The number of methoxy groups -OCH3 is 1. The van der Waals surface area contributed by atoms with Crippen LogP contribution in [0.5, 0.6) is 0 Å². The van der Waals surface area contributed by atoms with E-state index >= 15 is 0 Å². The summed E-state index contributed by atoms with van der Waals surface area (Å²) < 4.78 is 5.42. The quantitative estimate of drug-likeness (QED) is 0.773. The molecule has 4 nitrogen and oxygen atoms in total. The van der Waals surface area contributed by atoms with E-state index < -0.39 is 0 Å². The fourth-order valence-corrected chi connectivity index (χ4v) is 1.49. The number of H-pyrrole nitrogens is 1. The first-order valence-corrected chi connectivity index (χ1v) is 4.75. The van der Waals surface area contributed by atoms with Crippen molar-refractivity contribution in [1.29, 1.82) is 0 Å². The molecule has 1 atom stereocenters. The first kappa shape index (κ1) is 11.2. The molecule has 0 amide bonds. The number of aromatic amines is 1. The SMILES string of the molecule is COC(c1ncc(CN)[nH]1)C(C)(C)C. The lowest BCUT2D eigenvalue weighted by atomic mass is 9.88. The van der Waals surface area contributed by atoms with Gasteiger partial charge in [-0.05, 0) is 5.41 Å². The second-order valence-electron chi connectivity index (χ2n) is 4.48. The van der Waals surface area contributed by atoms with Crippen LogP contribution in [0.15, 0.2) is 6.20 Å². The van der Waals surface area contributed by atoms with Gasteiger partial charge in [0, 0.05) is 25.5 Å². The van der Waals surface area contributed by atoms with Crippen molar-refractivity contribution < 1.29 is 4.74 Å². The molecule has 1 aromatic heterocycles. The summed E-state index contributed by atoms with van der Waals surface area (Å²) in [6.07, 6.45) is 1.73. The van der Waals surface area contributed by atoms with E-state index in [-0.39, 0.29) is 11.5 Å². The number of nitrogens with one attached hydrogen (secondary N) is 1. The summed E-state index contributed by atoms with van der Waals surface area (Å²) in [6, 6.07) is 0. The van der Waals surface area contributed by atoms with Gasteiger partial charge >= 0.3 is 0 Å². The molecule has 3 N–H and O–H groups in total. The third-order valence-electron chi connectivity index (χ3n) is 2.14. The largest absolute Gasteiger partial charge is 0.373 e. The molecule has 0 spiro atoms. The predicted octanol–water partition coefficient (Wildman–Crippen LogP) is 1.60. The van der Waals surface area contributed by atoms with Gasteiger partial charge < -0.3 is 15.5 Å². The fourth-order valence-electron chi connectivity index (χ4n) is 1.49. The number of nitrogens with zero attached hydrogens (tertiary/aromatic N) is 1. The number of imidazole rings is 1. The van der Waals surface area contributed by atoms with E-state index in [1.165, 1.54) is 0 Å². The third kappa shape index (κ3) is 2.33. The third-order valence-corrected chi connectivity index (χ3v) is 2.14. The first-order chi connectivity index (χ1) is 6.49. The van der Waals surface area contributed by atoms with Gasteiger partial charge in [-0.25, -0.2) is 4.98 Å². The van der Waals surface area contributed by atoms with Crippen molar-refractivity contribution in [2.24, 2.45) is 11.1 Å². The monoisotopic (exact) mass is 197 g/mol. The molecule has 1 aromatic rings. The highest BCUT2D eigenvalue weighted by Crippen LogP contribution is 2.33. The Labute approximate surface area is 84.9 Å². The van der Waals surface area contributed by atoms with Crippen LogP contribution >= 0.6 is 0 Å². The molecule has 80 valence electrons. The molecule has 0 bridgehead atoms. The van der Waals surface area contributed by atoms with Crippen LogP contribution in [0.1, 0.15) is 38.4 Å². The predicted molar refractivity (Wildman–Crippen MR) is 55.7 cm³/mol. The number of nitrogens with two attached hydrogens (primary N) is 1. The summed E-state index contributed by atoms with van der Waals surface area (Å²) in [6.45, 7) is 6.83. The van der Waals surface area contributed by atoms with E-state index in [1.54, 1.807) is 13.3 Å². The minimum Gasteiger partial charge on any atom is -0.373 e. The molecular formula is C10H19N3O. The number of hydrogen-bond acceptors (Lipinski definition) is 3. The van der Waals surface area contributed by atoms with Gasteiger partial charge in [0.25, 0.3) is 0 Å². The van der Waals surface area contributed by atoms with E-state index in [4.69, 9.17) is 10.5 Å². The molecular weight excluding hydrogens is 178 g/mol. The summed E-state index contributed by atoms with van der Waals surface area (Å²) >= 11 is 0. The van der Waals surface area contributed by atoms with Crippen molar-refractivity contribution in [1.82, 2.24) is 9.97 Å². The lowest BCUT2D eigenvalue weighted by molar-refractivity contribution is 0.00920. The second-order valence-corrected chi connectivity index (χ2v) is 4.48. The van der Waals surface area contributed by atoms with E-state index in [1.807, 2.05) is 0 Å². The van der Waals surface area contributed by atoms with Crippen LogP contribution in [-0.2, 0) is 11.3 Å². The highest BCUT2D eigenvalue weighted by atomic mass is 16.5. The molecule has 1 heterocycles. The molecule has 0 radical (unpaired) electrons. The lowest BCUT2D eigenvalue weighted by Crippen LogP contribution is -2.21. The summed E-state index contributed by atoms with van der Waals surface area (Å²) in [5.41, 5.74) is 6.46. The van der Waals surface area contributed by atoms with E-state index in [9.17, 15) is 0 Å². The Morgan fingerprint density at radius 2 is 2.21 bits per heavy atom. The van der Waals surface area contributed by atoms with Gasteiger partial charge in [-0.1, -0.05) is 20.8 Å². The second kappa shape index (κ2) is 4.11. The minimum absolute atomic E-state index is 0.0252. The molecule has 14 heavy (non-hydrogen) atoms. The normalized spacial score (nSPS) is 14.4. The standard InChI is InChI=1S/C10H19N3O/c1-10(2,3)8(14-4)9-12-6-7(5-11)13-9/h6,8H,5,11H2,1-4H3,(H,12,13). The Hall–Kier alpha value is -0.870. The molecule has 4 heteroatoms. The van der Waals surface area contributed by atoms with Crippen molar-refractivity contribution in [3.05, 3.63) is 17.7 Å². The summed E-state index contributed by atoms with van der Waals surface area (Å²) in [4.78, 5) is 7.42. The van der Waals surface area contributed by atoms with Gasteiger partial charge in [0.1, 0.15) is 11.9 Å². The summed E-state index contributed by atoms with van der Waals surface area (Å²) in [5, 5.41) is 0. The molecule has 0 aliphatic carbocycles. The maximum absolute atomic E-state index is 5.50. The molecule has 0 fully saturated rings. The van der Waals surface area contributed by atoms with Crippen LogP contribution in [0.25, 0.3) is 0 Å². The maximum Gasteiger partial charge on any atom is 0.136 e.